The molecule has 1 aromatic carbocycles. The molecule has 1 amide bonds. The first-order chi connectivity index (χ1) is 9.90. The number of benzene rings is 1. The maximum Gasteiger partial charge on any atom is 0.387 e. The fraction of sp³-hybridized carbons (Fsp3) is 0.533. The van der Waals surface area contributed by atoms with Crippen LogP contribution in [0.2, 0.25) is 5.54 Å². The Morgan fingerprint density at radius 3 is 2.43 bits per heavy atom. The second-order valence-corrected chi connectivity index (χ2v) is 7.71. The third-order valence-corrected chi connectivity index (χ3v) is 5.42. The minimum absolute atomic E-state index is 0.328. The van der Waals surface area contributed by atoms with Gasteiger partial charge in [-0.15, -0.1) is 0 Å². The summed E-state index contributed by atoms with van der Waals surface area (Å²) in [5, 5.41) is 0. The summed E-state index contributed by atoms with van der Waals surface area (Å²) < 4.78 is 10.7. The second-order valence-electron chi connectivity index (χ2n) is 5.27. The zero-order chi connectivity index (χ0) is 16.0. The average Bonchev–Trinajstić information content (AvgIpc) is 2.45. The molecule has 0 spiro atoms. The number of nitrogens with two attached hydrogens (primary N) is 1. The Hall–Kier alpha value is -1.37. The maximum absolute atomic E-state index is 11.6. The Balaban J connectivity index is 2.89. The highest BCUT2D eigenvalue weighted by Gasteiger charge is 2.22. The SMILES string of the molecule is CO[Si](OC)C(C)CCc1cc(N(C)C)ccc1C(N)=O. The fourth-order valence-electron chi connectivity index (χ4n) is 2.28. The third-order valence-electron chi connectivity index (χ3n) is 3.52. The van der Waals surface area contributed by atoms with Crippen LogP contribution in [0.5, 0.6) is 0 Å². The molecule has 0 aliphatic rings. The molecule has 0 saturated carbocycles. The van der Waals surface area contributed by atoms with Crippen molar-refractivity contribution in [1.29, 1.82) is 0 Å². The number of hydrogen-bond donors (Lipinski definition) is 1. The van der Waals surface area contributed by atoms with Gasteiger partial charge >= 0.3 is 9.28 Å². The van der Waals surface area contributed by atoms with Crippen molar-refractivity contribution in [3.05, 3.63) is 29.3 Å². The van der Waals surface area contributed by atoms with E-state index >= 15 is 0 Å². The highest BCUT2D eigenvalue weighted by Crippen LogP contribution is 2.23. The molecule has 21 heavy (non-hydrogen) atoms. The zero-order valence-corrected chi connectivity index (χ0v) is 14.5. The summed E-state index contributed by atoms with van der Waals surface area (Å²) in [4.78, 5) is 13.6. The number of primary amides is 1. The number of carbonyl (C=O) groups is 1. The first-order valence-electron chi connectivity index (χ1n) is 6.95. The van der Waals surface area contributed by atoms with E-state index in [1.807, 2.05) is 31.1 Å². The molecule has 117 valence electrons. The number of hydrogen-bond acceptors (Lipinski definition) is 4. The van der Waals surface area contributed by atoms with Crippen molar-refractivity contribution < 1.29 is 13.6 Å². The first-order valence-corrected chi connectivity index (χ1v) is 8.35. The molecule has 1 rings (SSSR count). The normalized spacial score (nSPS) is 12.5. The largest absolute Gasteiger partial charge is 0.397 e. The lowest BCUT2D eigenvalue weighted by Crippen LogP contribution is -2.25. The first kappa shape index (κ1) is 17.7. The van der Waals surface area contributed by atoms with Gasteiger partial charge in [0.2, 0.25) is 5.91 Å². The van der Waals surface area contributed by atoms with E-state index in [1.165, 1.54) is 0 Å². The van der Waals surface area contributed by atoms with Crippen LogP contribution in [0.4, 0.5) is 5.69 Å². The van der Waals surface area contributed by atoms with Gasteiger partial charge < -0.3 is 19.5 Å². The van der Waals surface area contributed by atoms with Gasteiger partial charge in [0.25, 0.3) is 0 Å². The molecule has 1 aromatic rings. The monoisotopic (exact) mass is 309 g/mol. The van der Waals surface area contributed by atoms with Crippen LogP contribution >= 0.6 is 0 Å². The molecule has 1 unspecified atom stereocenters. The lowest BCUT2D eigenvalue weighted by molar-refractivity contribution is 0.0999. The summed E-state index contributed by atoms with van der Waals surface area (Å²) >= 11 is 0. The number of aryl methyl sites for hydroxylation is 1. The van der Waals surface area contributed by atoms with E-state index in [9.17, 15) is 4.79 Å². The van der Waals surface area contributed by atoms with Crippen LogP contribution < -0.4 is 10.6 Å². The number of rotatable bonds is 8. The molecule has 0 heterocycles. The van der Waals surface area contributed by atoms with Gasteiger partial charge in [0.05, 0.1) is 0 Å². The van der Waals surface area contributed by atoms with Crippen LogP contribution in [-0.2, 0) is 15.3 Å². The van der Waals surface area contributed by atoms with Crippen molar-refractivity contribution in [3.63, 3.8) is 0 Å². The Kier molecular flexibility index (Phi) is 6.87. The summed E-state index contributed by atoms with van der Waals surface area (Å²) in [5.41, 5.74) is 8.43. The molecule has 2 N–H and O–H groups in total. The van der Waals surface area contributed by atoms with Crippen molar-refractivity contribution in [2.24, 2.45) is 5.73 Å². The van der Waals surface area contributed by atoms with Gasteiger partial charge in [-0.25, -0.2) is 0 Å². The van der Waals surface area contributed by atoms with E-state index in [0.717, 1.165) is 24.1 Å². The number of amides is 1. The molecule has 6 heteroatoms. The topological polar surface area (TPSA) is 64.8 Å². The molecule has 0 saturated heterocycles. The lowest BCUT2D eigenvalue weighted by atomic mass is 10.0. The summed E-state index contributed by atoms with van der Waals surface area (Å²) in [6.45, 7) is 2.11. The number of nitrogens with zero attached hydrogens (tertiary/aromatic N) is 1. The van der Waals surface area contributed by atoms with Gasteiger partial charge in [-0.05, 0) is 36.6 Å². The molecule has 1 radical (unpaired) electrons. The molecule has 0 bridgehead atoms. The molecular formula is C15H25N2O3Si. The minimum Gasteiger partial charge on any atom is -0.397 e. The van der Waals surface area contributed by atoms with Gasteiger partial charge in [-0.3, -0.25) is 4.79 Å². The van der Waals surface area contributed by atoms with E-state index < -0.39 is 9.28 Å². The predicted molar refractivity (Wildman–Crippen MR) is 86.8 cm³/mol. The van der Waals surface area contributed by atoms with E-state index in [2.05, 4.69) is 6.92 Å². The van der Waals surface area contributed by atoms with Crippen molar-refractivity contribution in [3.8, 4) is 0 Å². The summed E-state index contributed by atoms with van der Waals surface area (Å²) in [6.07, 6.45) is 1.68. The average molecular weight is 309 g/mol. The Labute approximate surface area is 128 Å². The molecule has 0 fully saturated rings. The standard InChI is InChI=1S/C15H25N2O3Si/c1-11(21(19-4)20-5)6-7-12-10-13(17(2)3)8-9-14(12)15(16)18/h8-11H,6-7H2,1-5H3,(H2,16,18). The Bertz CT molecular complexity index is 476. The fourth-order valence-corrected chi connectivity index (χ4v) is 3.63. The summed E-state index contributed by atoms with van der Waals surface area (Å²) in [6, 6.07) is 5.74. The number of carbonyl (C=O) groups excluding carboxylic acids is 1. The summed E-state index contributed by atoms with van der Waals surface area (Å²) in [7, 11) is 6.05. The lowest BCUT2D eigenvalue weighted by Gasteiger charge is -2.19. The van der Waals surface area contributed by atoms with Crippen molar-refractivity contribution in [2.45, 2.75) is 25.3 Å². The predicted octanol–water partition coefficient (Wildman–Crippen LogP) is 1.96. The quantitative estimate of drug-likeness (QED) is 0.746. The minimum atomic E-state index is -1.26. The molecular weight excluding hydrogens is 284 g/mol. The van der Waals surface area contributed by atoms with Gasteiger partial charge in [0, 0.05) is 45.1 Å². The van der Waals surface area contributed by atoms with Crippen LogP contribution in [0.25, 0.3) is 0 Å². The van der Waals surface area contributed by atoms with E-state index in [0.29, 0.717) is 11.1 Å². The van der Waals surface area contributed by atoms with Gasteiger partial charge in [0.15, 0.2) is 0 Å². The second kappa shape index (κ2) is 8.16. The molecule has 0 aromatic heterocycles. The van der Waals surface area contributed by atoms with Gasteiger partial charge in [0.1, 0.15) is 0 Å². The summed E-state index contributed by atoms with van der Waals surface area (Å²) in [5.74, 6) is -0.382. The van der Waals surface area contributed by atoms with E-state index in [-0.39, 0.29) is 5.91 Å². The van der Waals surface area contributed by atoms with Crippen molar-refractivity contribution in [2.75, 3.05) is 33.2 Å². The van der Waals surface area contributed by atoms with E-state index in [4.69, 9.17) is 14.6 Å². The van der Waals surface area contributed by atoms with Crippen molar-refractivity contribution >= 4 is 20.9 Å². The van der Waals surface area contributed by atoms with Crippen molar-refractivity contribution in [1.82, 2.24) is 0 Å². The van der Waals surface area contributed by atoms with E-state index in [1.54, 1.807) is 20.3 Å². The third kappa shape index (κ3) is 4.84. The van der Waals surface area contributed by atoms with Crippen LogP contribution in [0.3, 0.4) is 0 Å². The Morgan fingerprint density at radius 2 is 1.95 bits per heavy atom. The van der Waals surface area contributed by atoms with Gasteiger partial charge in [-0.1, -0.05) is 6.92 Å². The van der Waals surface area contributed by atoms with Crippen LogP contribution in [-0.4, -0.2) is 43.5 Å². The highest BCUT2D eigenvalue weighted by atomic mass is 28.3. The molecule has 0 aliphatic heterocycles. The molecule has 5 nitrogen and oxygen atoms in total. The van der Waals surface area contributed by atoms with Crippen LogP contribution in [0.1, 0.15) is 29.3 Å². The van der Waals surface area contributed by atoms with Crippen LogP contribution in [0.15, 0.2) is 18.2 Å². The number of anilines is 1. The van der Waals surface area contributed by atoms with Crippen LogP contribution in [0, 0.1) is 0 Å². The maximum atomic E-state index is 11.6. The van der Waals surface area contributed by atoms with Gasteiger partial charge in [-0.2, -0.15) is 0 Å². The molecule has 0 aliphatic carbocycles. The smallest absolute Gasteiger partial charge is 0.387 e. The zero-order valence-electron chi connectivity index (χ0n) is 13.5. The Morgan fingerprint density at radius 1 is 1.33 bits per heavy atom. The highest BCUT2D eigenvalue weighted by molar-refractivity contribution is 6.46. The molecule has 1 atom stereocenters.